The molecule has 1 aliphatic heterocycles. The van der Waals surface area contributed by atoms with Gasteiger partial charge in [-0.2, -0.15) is 0 Å². The van der Waals surface area contributed by atoms with Gasteiger partial charge in [-0.3, -0.25) is 9.69 Å². The van der Waals surface area contributed by atoms with Crippen molar-refractivity contribution >= 4 is 12.1 Å². The fourth-order valence-electron chi connectivity index (χ4n) is 1.53. The minimum atomic E-state index is -0.547. The van der Waals surface area contributed by atoms with Crippen LogP contribution in [0.3, 0.4) is 0 Å². The highest BCUT2D eigenvalue weighted by Gasteiger charge is 2.32. The van der Waals surface area contributed by atoms with Gasteiger partial charge in [-0.25, -0.2) is 4.79 Å². The van der Waals surface area contributed by atoms with Crippen LogP contribution in [0.15, 0.2) is 12.3 Å². The van der Waals surface area contributed by atoms with Crippen molar-refractivity contribution < 1.29 is 19.1 Å². The topological polar surface area (TPSA) is 55.8 Å². The Hall–Kier alpha value is -1.52. The van der Waals surface area contributed by atoms with Crippen LogP contribution >= 0.6 is 0 Å². The van der Waals surface area contributed by atoms with Gasteiger partial charge >= 0.3 is 12.1 Å². The van der Waals surface area contributed by atoms with Gasteiger partial charge < -0.3 is 9.47 Å². The van der Waals surface area contributed by atoms with E-state index in [1.165, 1.54) is 4.90 Å². The normalized spacial score (nSPS) is 19.5. The standard InChI is InChI=1S/C14H23NO4/c1-13(2,3)18-11(16)10-7-8-15(9-10)12(17)19-14(4,5)6/h7-8,10H,9H2,1-6H3. The number of hydrogen-bond donors (Lipinski definition) is 0. The summed E-state index contributed by atoms with van der Waals surface area (Å²) in [5.74, 6) is -0.749. The monoisotopic (exact) mass is 269 g/mol. The van der Waals surface area contributed by atoms with Crippen LogP contribution in [-0.2, 0) is 14.3 Å². The first-order valence-electron chi connectivity index (χ1n) is 6.39. The molecule has 1 heterocycles. The molecular formula is C14H23NO4. The van der Waals surface area contributed by atoms with Crippen LogP contribution in [0, 0.1) is 5.92 Å². The van der Waals surface area contributed by atoms with Crippen LogP contribution in [0.2, 0.25) is 0 Å². The zero-order valence-corrected chi connectivity index (χ0v) is 12.5. The van der Waals surface area contributed by atoms with Gasteiger partial charge in [-0.05, 0) is 41.5 Å². The van der Waals surface area contributed by atoms with Gasteiger partial charge in [-0.15, -0.1) is 0 Å². The van der Waals surface area contributed by atoms with Crippen LogP contribution in [-0.4, -0.2) is 34.7 Å². The predicted octanol–water partition coefficient (Wildman–Crippen LogP) is 2.71. The molecule has 0 aromatic rings. The number of carbonyl (C=O) groups is 2. The molecule has 19 heavy (non-hydrogen) atoms. The Labute approximate surface area is 114 Å². The van der Waals surface area contributed by atoms with E-state index in [0.29, 0.717) is 0 Å². The SMILES string of the molecule is CC(C)(C)OC(=O)C1C=CN(C(=O)OC(C)(C)C)C1. The molecule has 0 saturated carbocycles. The Bertz CT molecular complexity index is 351. The largest absolute Gasteiger partial charge is 0.459 e. The highest BCUT2D eigenvalue weighted by atomic mass is 16.6. The highest BCUT2D eigenvalue weighted by Crippen LogP contribution is 2.20. The van der Waals surface area contributed by atoms with Crippen LogP contribution in [0.5, 0.6) is 0 Å². The average molecular weight is 269 g/mol. The maximum Gasteiger partial charge on any atom is 0.414 e. The van der Waals surface area contributed by atoms with E-state index in [9.17, 15) is 9.59 Å². The minimum Gasteiger partial charge on any atom is -0.459 e. The number of hydrogen-bond acceptors (Lipinski definition) is 4. The summed E-state index contributed by atoms with van der Waals surface area (Å²) in [5, 5.41) is 0. The van der Waals surface area contributed by atoms with Crippen molar-refractivity contribution in [2.75, 3.05) is 6.54 Å². The molecule has 1 atom stereocenters. The molecule has 1 aliphatic rings. The van der Waals surface area contributed by atoms with E-state index >= 15 is 0 Å². The molecule has 0 aromatic carbocycles. The maximum absolute atomic E-state index is 11.9. The summed E-state index contributed by atoms with van der Waals surface area (Å²) in [6.45, 7) is 11.1. The summed E-state index contributed by atoms with van der Waals surface area (Å²) >= 11 is 0. The number of esters is 1. The summed E-state index contributed by atoms with van der Waals surface area (Å²) in [5.41, 5.74) is -1.07. The molecule has 0 spiro atoms. The van der Waals surface area contributed by atoms with Gasteiger partial charge in [-0.1, -0.05) is 6.08 Å². The number of carbonyl (C=O) groups excluding carboxylic acids is 2. The molecule has 5 heteroatoms. The minimum absolute atomic E-state index is 0.268. The first-order chi connectivity index (χ1) is 8.48. The van der Waals surface area contributed by atoms with Crippen molar-refractivity contribution in [1.29, 1.82) is 0 Å². The second-order valence-electron chi connectivity index (χ2n) is 6.61. The van der Waals surface area contributed by atoms with Gasteiger partial charge in [0.2, 0.25) is 0 Å². The van der Waals surface area contributed by atoms with Crippen molar-refractivity contribution in [3.8, 4) is 0 Å². The Kier molecular flexibility index (Phi) is 4.28. The molecule has 1 amide bonds. The molecule has 0 bridgehead atoms. The van der Waals surface area contributed by atoms with Gasteiger partial charge in [0.15, 0.2) is 0 Å². The molecule has 0 N–H and O–H groups in total. The van der Waals surface area contributed by atoms with E-state index in [4.69, 9.17) is 9.47 Å². The lowest BCUT2D eigenvalue weighted by Gasteiger charge is -2.24. The zero-order valence-electron chi connectivity index (χ0n) is 12.5. The van der Waals surface area contributed by atoms with E-state index in [1.807, 2.05) is 20.8 Å². The van der Waals surface area contributed by atoms with E-state index in [-0.39, 0.29) is 12.5 Å². The molecule has 0 aliphatic carbocycles. The number of ether oxygens (including phenoxy) is 2. The van der Waals surface area contributed by atoms with Gasteiger partial charge in [0, 0.05) is 12.7 Å². The van der Waals surface area contributed by atoms with E-state index in [1.54, 1.807) is 33.0 Å². The Morgan fingerprint density at radius 1 is 1.05 bits per heavy atom. The summed E-state index contributed by atoms with van der Waals surface area (Å²) < 4.78 is 10.5. The summed E-state index contributed by atoms with van der Waals surface area (Å²) in [6.07, 6.45) is 2.79. The van der Waals surface area contributed by atoms with Crippen LogP contribution in [0.4, 0.5) is 4.79 Å². The van der Waals surface area contributed by atoms with E-state index in [0.717, 1.165) is 0 Å². The molecule has 1 rings (SSSR count). The van der Waals surface area contributed by atoms with Crippen molar-refractivity contribution in [2.45, 2.75) is 52.7 Å². The van der Waals surface area contributed by atoms with E-state index < -0.39 is 23.2 Å². The molecule has 108 valence electrons. The molecule has 0 radical (unpaired) electrons. The lowest BCUT2D eigenvalue weighted by molar-refractivity contribution is -0.158. The Balaban J connectivity index is 2.53. The predicted molar refractivity (Wildman–Crippen MR) is 71.4 cm³/mol. The molecule has 0 aromatic heterocycles. The van der Waals surface area contributed by atoms with Gasteiger partial charge in [0.1, 0.15) is 11.2 Å². The Morgan fingerprint density at radius 2 is 1.58 bits per heavy atom. The fraction of sp³-hybridized carbons (Fsp3) is 0.714. The second kappa shape index (κ2) is 5.23. The van der Waals surface area contributed by atoms with Crippen molar-refractivity contribution in [1.82, 2.24) is 4.90 Å². The summed E-state index contributed by atoms with van der Waals surface area (Å²) in [6, 6.07) is 0. The maximum atomic E-state index is 11.9. The first kappa shape index (κ1) is 15.5. The third kappa shape index (κ3) is 5.32. The summed E-state index contributed by atoms with van der Waals surface area (Å²) in [4.78, 5) is 25.1. The lowest BCUT2D eigenvalue weighted by atomic mass is 10.1. The zero-order chi connectivity index (χ0) is 14.8. The third-order valence-corrected chi connectivity index (χ3v) is 2.23. The average Bonchev–Trinajstić information content (AvgIpc) is 2.60. The molecule has 0 fully saturated rings. The van der Waals surface area contributed by atoms with Crippen LogP contribution in [0.1, 0.15) is 41.5 Å². The van der Waals surface area contributed by atoms with Crippen LogP contribution < -0.4 is 0 Å². The summed E-state index contributed by atoms with van der Waals surface area (Å²) in [7, 11) is 0. The Morgan fingerprint density at radius 3 is 2.05 bits per heavy atom. The number of amides is 1. The van der Waals surface area contributed by atoms with Gasteiger partial charge in [0.05, 0.1) is 5.92 Å². The van der Waals surface area contributed by atoms with Crippen molar-refractivity contribution in [2.24, 2.45) is 5.92 Å². The first-order valence-corrected chi connectivity index (χ1v) is 6.39. The van der Waals surface area contributed by atoms with E-state index in [2.05, 4.69) is 0 Å². The highest BCUT2D eigenvalue weighted by molar-refractivity contribution is 5.78. The molecule has 5 nitrogen and oxygen atoms in total. The number of rotatable bonds is 1. The molecular weight excluding hydrogens is 246 g/mol. The lowest BCUT2D eigenvalue weighted by Crippen LogP contribution is -2.36. The van der Waals surface area contributed by atoms with Crippen molar-refractivity contribution in [3.05, 3.63) is 12.3 Å². The molecule has 0 saturated heterocycles. The quantitative estimate of drug-likeness (QED) is 0.687. The molecule has 1 unspecified atom stereocenters. The third-order valence-electron chi connectivity index (χ3n) is 2.23. The smallest absolute Gasteiger partial charge is 0.414 e. The van der Waals surface area contributed by atoms with Crippen LogP contribution in [0.25, 0.3) is 0 Å². The fourth-order valence-corrected chi connectivity index (χ4v) is 1.53. The van der Waals surface area contributed by atoms with Crippen molar-refractivity contribution in [3.63, 3.8) is 0 Å². The second-order valence-corrected chi connectivity index (χ2v) is 6.61. The van der Waals surface area contributed by atoms with Gasteiger partial charge in [0.25, 0.3) is 0 Å². The number of nitrogens with zero attached hydrogens (tertiary/aromatic N) is 1.